The van der Waals surface area contributed by atoms with Crippen LogP contribution in [0.1, 0.15) is 32.1 Å². The van der Waals surface area contributed by atoms with Gasteiger partial charge in [-0.2, -0.15) is 4.99 Å². The van der Waals surface area contributed by atoms with Crippen LogP contribution in [0.3, 0.4) is 0 Å². The van der Waals surface area contributed by atoms with Gasteiger partial charge in [-0.05, 0) is 61.1 Å². The number of hydrogen-bond donors (Lipinski definition) is 2. The van der Waals surface area contributed by atoms with Crippen LogP contribution in [0.2, 0.25) is 0 Å². The second-order valence-electron chi connectivity index (χ2n) is 6.87. The average Bonchev–Trinajstić information content (AvgIpc) is 2.63. The zero-order valence-electron chi connectivity index (χ0n) is 14.5. The Hall–Kier alpha value is -2.34. The Balaban J connectivity index is 1.69. The zero-order chi connectivity index (χ0) is 18.1. The van der Waals surface area contributed by atoms with Crippen LogP contribution in [0.4, 0.5) is 5.69 Å². The van der Waals surface area contributed by atoms with E-state index in [1.807, 2.05) is 12.1 Å². The number of nitrogens with zero attached hydrogens (tertiary/aromatic N) is 3. The first kappa shape index (κ1) is 17.1. The standard InChI is InChI=1S/C20H22BrN5/c21-16-8-4-14(5-9-16)15-6-10-17(11-7-15)26-19(23)24-18(22)25-20(26)12-2-1-3-13-20/h4-11H,1-3,12-13H2,(H4,22,23,24,25). The van der Waals surface area contributed by atoms with Crippen molar-refractivity contribution in [2.24, 2.45) is 21.5 Å². The molecule has 0 unspecified atom stereocenters. The second kappa shape index (κ2) is 6.76. The van der Waals surface area contributed by atoms with Crippen molar-refractivity contribution < 1.29 is 0 Å². The minimum atomic E-state index is -0.396. The van der Waals surface area contributed by atoms with E-state index in [1.165, 1.54) is 12.0 Å². The second-order valence-corrected chi connectivity index (χ2v) is 7.79. The molecule has 1 spiro atoms. The SMILES string of the molecule is NC1=NC2(CCCCC2)N(c2ccc(-c3ccc(Br)cc3)cc2)C(N)=N1. The lowest BCUT2D eigenvalue weighted by Crippen LogP contribution is -2.58. The number of nitrogens with two attached hydrogens (primary N) is 2. The molecule has 0 bridgehead atoms. The fourth-order valence-corrected chi connectivity index (χ4v) is 4.20. The molecule has 2 aliphatic rings. The lowest BCUT2D eigenvalue weighted by Gasteiger charge is -2.45. The monoisotopic (exact) mass is 411 g/mol. The minimum absolute atomic E-state index is 0.284. The van der Waals surface area contributed by atoms with Crippen LogP contribution in [-0.4, -0.2) is 17.6 Å². The number of benzene rings is 2. The third-order valence-corrected chi connectivity index (χ3v) is 5.68. The van der Waals surface area contributed by atoms with Crippen LogP contribution in [-0.2, 0) is 0 Å². The van der Waals surface area contributed by atoms with Gasteiger partial charge < -0.3 is 11.5 Å². The molecule has 4 rings (SSSR count). The summed E-state index contributed by atoms with van der Waals surface area (Å²) in [5, 5.41) is 0. The molecule has 0 saturated heterocycles. The third kappa shape index (κ3) is 3.09. The number of anilines is 1. The van der Waals surface area contributed by atoms with Crippen molar-refractivity contribution in [3.8, 4) is 11.1 Å². The molecular weight excluding hydrogens is 390 g/mol. The Morgan fingerprint density at radius 3 is 2.04 bits per heavy atom. The zero-order valence-corrected chi connectivity index (χ0v) is 16.1. The van der Waals surface area contributed by atoms with Crippen molar-refractivity contribution in [2.45, 2.75) is 37.8 Å². The summed E-state index contributed by atoms with van der Waals surface area (Å²) < 4.78 is 1.07. The van der Waals surface area contributed by atoms with E-state index in [4.69, 9.17) is 16.5 Å². The first-order chi connectivity index (χ1) is 12.6. The highest BCUT2D eigenvalue weighted by molar-refractivity contribution is 9.10. The fraction of sp³-hybridized carbons (Fsp3) is 0.300. The first-order valence-electron chi connectivity index (χ1n) is 8.93. The number of halogens is 1. The van der Waals surface area contributed by atoms with Crippen LogP contribution in [0, 0.1) is 0 Å². The predicted molar refractivity (Wildman–Crippen MR) is 111 cm³/mol. The molecule has 5 nitrogen and oxygen atoms in total. The summed E-state index contributed by atoms with van der Waals surface area (Å²) in [6.07, 6.45) is 5.36. The number of rotatable bonds is 2. The van der Waals surface area contributed by atoms with Gasteiger partial charge in [-0.25, -0.2) is 4.99 Å². The summed E-state index contributed by atoms with van der Waals surface area (Å²) in [6.45, 7) is 0. The van der Waals surface area contributed by atoms with Crippen LogP contribution in [0.5, 0.6) is 0 Å². The van der Waals surface area contributed by atoms with E-state index in [-0.39, 0.29) is 5.96 Å². The molecule has 1 aliphatic heterocycles. The Bertz CT molecular complexity index is 849. The lowest BCUT2D eigenvalue weighted by atomic mass is 9.87. The van der Waals surface area contributed by atoms with Gasteiger partial charge >= 0.3 is 0 Å². The Morgan fingerprint density at radius 1 is 0.846 bits per heavy atom. The average molecular weight is 412 g/mol. The molecule has 2 aromatic carbocycles. The molecule has 4 N–H and O–H groups in total. The molecule has 0 atom stereocenters. The summed E-state index contributed by atoms with van der Waals surface area (Å²) in [5.41, 5.74) is 15.2. The van der Waals surface area contributed by atoms with E-state index in [2.05, 4.69) is 62.2 Å². The third-order valence-electron chi connectivity index (χ3n) is 5.15. The fourth-order valence-electron chi connectivity index (χ4n) is 3.94. The van der Waals surface area contributed by atoms with E-state index in [9.17, 15) is 0 Å². The predicted octanol–water partition coefficient (Wildman–Crippen LogP) is 4.23. The van der Waals surface area contributed by atoms with E-state index in [1.54, 1.807) is 0 Å². The van der Waals surface area contributed by atoms with Crippen LogP contribution in [0.25, 0.3) is 11.1 Å². The van der Waals surface area contributed by atoms with E-state index >= 15 is 0 Å². The number of aliphatic imine (C=N–C) groups is 2. The van der Waals surface area contributed by atoms with Crippen LogP contribution in [0.15, 0.2) is 63.0 Å². The molecule has 134 valence electrons. The number of guanidine groups is 2. The molecule has 0 aromatic heterocycles. The quantitative estimate of drug-likeness (QED) is 0.775. The van der Waals surface area contributed by atoms with Crippen molar-refractivity contribution >= 4 is 33.5 Å². The Morgan fingerprint density at radius 2 is 1.42 bits per heavy atom. The minimum Gasteiger partial charge on any atom is -0.369 e. The Labute approximate surface area is 161 Å². The molecular formula is C20H22BrN5. The molecule has 2 aromatic rings. The summed E-state index contributed by atoms with van der Waals surface area (Å²) >= 11 is 3.48. The van der Waals surface area contributed by atoms with Crippen LogP contribution >= 0.6 is 15.9 Å². The van der Waals surface area contributed by atoms with Gasteiger partial charge in [-0.3, -0.25) is 4.90 Å². The van der Waals surface area contributed by atoms with Gasteiger partial charge in [0, 0.05) is 10.2 Å². The lowest BCUT2D eigenvalue weighted by molar-refractivity contribution is 0.305. The molecule has 1 aliphatic carbocycles. The molecule has 6 heteroatoms. The van der Waals surface area contributed by atoms with Crippen molar-refractivity contribution in [1.82, 2.24) is 0 Å². The van der Waals surface area contributed by atoms with E-state index < -0.39 is 5.66 Å². The normalized spacial score (nSPS) is 19.2. The summed E-state index contributed by atoms with van der Waals surface area (Å²) in [4.78, 5) is 11.0. The molecule has 0 amide bonds. The molecule has 1 saturated carbocycles. The molecule has 1 heterocycles. The topological polar surface area (TPSA) is 80.0 Å². The maximum Gasteiger partial charge on any atom is 0.220 e. The van der Waals surface area contributed by atoms with Crippen LogP contribution < -0.4 is 16.4 Å². The van der Waals surface area contributed by atoms with Gasteiger partial charge in [0.1, 0.15) is 5.66 Å². The van der Waals surface area contributed by atoms with Crippen molar-refractivity contribution in [2.75, 3.05) is 4.90 Å². The molecule has 0 radical (unpaired) electrons. The largest absolute Gasteiger partial charge is 0.369 e. The van der Waals surface area contributed by atoms with Gasteiger partial charge in [0.15, 0.2) is 0 Å². The Kier molecular flexibility index (Phi) is 4.44. The van der Waals surface area contributed by atoms with Gasteiger partial charge in [0.05, 0.1) is 0 Å². The van der Waals surface area contributed by atoms with Crippen molar-refractivity contribution in [1.29, 1.82) is 0 Å². The highest BCUT2D eigenvalue weighted by Gasteiger charge is 2.42. The summed E-state index contributed by atoms with van der Waals surface area (Å²) in [6, 6.07) is 16.7. The summed E-state index contributed by atoms with van der Waals surface area (Å²) in [5.74, 6) is 0.711. The highest BCUT2D eigenvalue weighted by Crippen LogP contribution is 2.39. The van der Waals surface area contributed by atoms with E-state index in [0.717, 1.165) is 41.4 Å². The number of hydrogen-bond acceptors (Lipinski definition) is 5. The molecule has 1 fully saturated rings. The maximum atomic E-state index is 6.28. The van der Waals surface area contributed by atoms with Gasteiger partial charge in [-0.1, -0.05) is 46.6 Å². The van der Waals surface area contributed by atoms with Gasteiger partial charge in [0.2, 0.25) is 11.9 Å². The van der Waals surface area contributed by atoms with Crippen molar-refractivity contribution in [3.05, 3.63) is 53.0 Å². The first-order valence-corrected chi connectivity index (χ1v) is 9.72. The van der Waals surface area contributed by atoms with Gasteiger partial charge in [-0.15, -0.1) is 0 Å². The van der Waals surface area contributed by atoms with Gasteiger partial charge in [0.25, 0.3) is 0 Å². The van der Waals surface area contributed by atoms with E-state index in [0.29, 0.717) is 5.96 Å². The molecule has 26 heavy (non-hydrogen) atoms. The smallest absolute Gasteiger partial charge is 0.220 e. The van der Waals surface area contributed by atoms with Crippen molar-refractivity contribution in [3.63, 3.8) is 0 Å². The highest BCUT2D eigenvalue weighted by atomic mass is 79.9. The maximum absolute atomic E-state index is 6.28. The summed E-state index contributed by atoms with van der Waals surface area (Å²) in [7, 11) is 0.